The van der Waals surface area contributed by atoms with Gasteiger partial charge in [0.05, 0.1) is 11.6 Å². The summed E-state index contributed by atoms with van der Waals surface area (Å²) >= 11 is 0. The fourth-order valence-corrected chi connectivity index (χ4v) is 4.55. The first kappa shape index (κ1) is 21.4. The second kappa shape index (κ2) is 9.95. The highest BCUT2D eigenvalue weighted by molar-refractivity contribution is 5.94. The quantitative estimate of drug-likeness (QED) is 0.747. The van der Waals surface area contributed by atoms with Gasteiger partial charge in [-0.3, -0.25) is 9.69 Å². The highest BCUT2D eigenvalue weighted by Gasteiger charge is 2.28. The molecule has 2 aliphatic heterocycles. The van der Waals surface area contributed by atoms with Crippen molar-refractivity contribution in [1.82, 2.24) is 14.7 Å². The Labute approximate surface area is 184 Å². The molecule has 0 saturated carbocycles. The van der Waals surface area contributed by atoms with Gasteiger partial charge in [0, 0.05) is 49.9 Å². The molecule has 2 fully saturated rings. The molecule has 2 aliphatic rings. The van der Waals surface area contributed by atoms with Gasteiger partial charge < -0.3 is 14.5 Å². The van der Waals surface area contributed by atoms with Crippen molar-refractivity contribution in [3.63, 3.8) is 0 Å². The van der Waals surface area contributed by atoms with Gasteiger partial charge in [-0.2, -0.15) is 5.26 Å². The number of hydrogen-bond acceptors (Lipinski definition) is 5. The largest absolute Gasteiger partial charge is 0.489 e. The molecule has 0 aliphatic carbocycles. The molecule has 162 valence electrons. The van der Waals surface area contributed by atoms with E-state index in [0.717, 1.165) is 38.3 Å². The Morgan fingerprint density at radius 3 is 2.68 bits per heavy atom. The molecule has 0 N–H and O–H groups in total. The van der Waals surface area contributed by atoms with Crippen LogP contribution in [0.3, 0.4) is 0 Å². The van der Waals surface area contributed by atoms with Crippen LogP contribution in [-0.4, -0.2) is 73.0 Å². The average molecular weight is 419 g/mol. The van der Waals surface area contributed by atoms with Gasteiger partial charge in [0.25, 0.3) is 5.91 Å². The topological polar surface area (TPSA) is 59.8 Å². The maximum atomic E-state index is 13.1. The summed E-state index contributed by atoms with van der Waals surface area (Å²) < 4.78 is 5.88. The van der Waals surface area contributed by atoms with Gasteiger partial charge >= 0.3 is 0 Å². The summed E-state index contributed by atoms with van der Waals surface area (Å²) in [6.45, 7) is 6.02. The number of likely N-dealkylation sites (N-methyl/N-ethyl adjacent to an activating group) is 1. The van der Waals surface area contributed by atoms with Gasteiger partial charge in [-0.15, -0.1) is 0 Å². The molecule has 2 aromatic carbocycles. The Kier molecular flexibility index (Phi) is 6.86. The summed E-state index contributed by atoms with van der Waals surface area (Å²) in [7, 11) is 2.19. The molecule has 31 heavy (non-hydrogen) atoms. The molecular formula is C25H30N4O2. The Balaban J connectivity index is 1.34. The molecular weight excluding hydrogens is 388 g/mol. The number of likely N-dealkylation sites (tertiary alicyclic amines) is 1. The first-order valence-corrected chi connectivity index (χ1v) is 11.1. The number of hydrogen-bond donors (Lipinski definition) is 0. The lowest BCUT2D eigenvalue weighted by Crippen LogP contribution is -2.55. The number of carbonyl (C=O) groups is 1. The fraction of sp³-hybridized carbons (Fsp3) is 0.440. The molecule has 0 aromatic heterocycles. The molecule has 2 saturated heterocycles. The van der Waals surface area contributed by atoms with E-state index < -0.39 is 0 Å². The number of rotatable bonds is 5. The molecule has 0 radical (unpaired) electrons. The minimum atomic E-state index is 0.0586. The monoisotopic (exact) mass is 418 g/mol. The molecule has 0 bridgehead atoms. The van der Waals surface area contributed by atoms with Gasteiger partial charge in [0.1, 0.15) is 12.4 Å². The van der Waals surface area contributed by atoms with Crippen molar-refractivity contribution in [3.8, 4) is 11.8 Å². The predicted molar refractivity (Wildman–Crippen MR) is 120 cm³/mol. The van der Waals surface area contributed by atoms with E-state index in [4.69, 9.17) is 4.74 Å². The van der Waals surface area contributed by atoms with Crippen molar-refractivity contribution >= 4 is 5.91 Å². The lowest BCUT2D eigenvalue weighted by atomic mass is 10.0. The maximum Gasteiger partial charge on any atom is 0.254 e. The van der Waals surface area contributed by atoms with E-state index in [2.05, 4.69) is 22.9 Å². The molecule has 2 aromatic rings. The standard InChI is InChI=1S/C25H30N4O2/c1-27-11-5-9-23(18-27)28-12-14-29(15-13-28)25(30)20-8-4-10-24(16-20)31-19-22-7-3-2-6-21(22)17-26/h2-4,6-8,10,16,23H,5,9,11-15,18-19H2,1H3. The predicted octanol–water partition coefficient (Wildman–Crippen LogP) is 2.99. The molecule has 2 heterocycles. The first-order chi connectivity index (χ1) is 15.1. The van der Waals surface area contributed by atoms with Gasteiger partial charge in [-0.05, 0) is 50.7 Å². The molecule has 1 amide bonds. The number of nitriles is 1. The van der Waals surface area contributed by atoms with Crippen LogP contribution < -0.4 is 4.74 Å². The highest BCUT2D eigenvalue weighted by atomic mass is 16.5. The van der Waals surface area contributed by atoms with E-state index in [9.17, 15) is 10.1 Å². The third kappa shape index (κ3) is 5.25. The smallest absolute Gasteiger partial charge is 0.254 e. The van der Waals surface area contributed by atoms with Gasteiger partial charge in [0.15, 0.2) is 0 Å². The third-order valence-electron chi connectivity index (χ3n) is 6.33. The average Bonchev–Trinajstić information content (AvgIpc) is 2.83. The zero-order valence-electron chi connectivity index (χ0n) is 18.2. The number of benzene rings is 2. The van der Waals surface area contributed by atoms with Crippen LogP contribution in [0.2, 0.25) is 0 Å². The first-order valence-electron chi connectivity index (χ1n) is 11.1. The van der Waals surface area contributed by atoms with Gasteiger partial charge in [-0.25, -0.2) is 0 Å². The van der Waals surface area contributed by atoms with Crippen LogP contribution in [0.15, 0.2) is 48.5 Å². The van der Waals surface area contributed by atoms with E-state index >= 15 is 0 Å². The number of piperidine rings is 1. The molecule has 6 heteroatoms. The van der Waals surface area contributed by atoms with E-state index in [-0.39, 0.29) is 5.91 Å². The van der Waals surface area contributed by atoms with Crippen molar-refractivity contribution in [2.45, 2.75) is 25.5 Å². The normalized spacial score (nSPS) is 20.3. The summed E-state index contributed by atoms with van der Waals surface area (Å²) in [4.78, 5) is 20.0. The second-order valence-corrected chi connectivity index (χ2v) is 8.47. The van der Waals surface area contributed by atoms with Gasteiger partial charge in [-0.1, -0.05) is 24.3 Å². The molecule has 0 spiro atoms. The summed E-state index contributed by atoms with van der Waals surface area (Å²) in [6.07, 6.45) is 2.51. The molecule has 6 nitrogen and oxygen atoms in total. The second-order valence-electron chi connectivity index (χ2n) is 8.47. The van der Waals surface area contributed by atoms with Crippen molar-refractivity contribution in [3.05, 3.63) is 65.2 Å². The third-order valence-corrected chi connectivity index (χ3v) is 6.33. The highest BCUT2D eigenvalue weighted by Crippen LogP contribution is 2.20. The Bertz CT molecular complexity index is 947. The molecule has 4 rings (SSSR count). The van der Waals surface area contributed by atoms with Crippen LogP contribution in [-0.2, 0) is 6.61 Å². The maximum absolute atomic E-state index is 13.1. The summed E-state index contributed by atoms with van der Waals surface area (Å²) in [5, 5.41) is 9.23. The van der Waals surface area contributed by atoms with Crippen LogP contribution in [0.25, 0.3) is 0 Å². The number of piperazine rings is 1. The fourth-order valence-electron chi connectivity index (χ4n) is 4.55. The Morgan fingerprint density at radius 1 is 1.10 bits per heavy atom. The number of nitrogens with zero attached hydrogens (tertiary/aromatic N) is 4. The SMILES string of the molecule is CN1CCCC(N2CCN(C(=O)c3cccc(OCc4ccccc4C#N)c3)CC2)C1. The summed E-state index contributed by atoms with van der Waals surface area (Å²) in [5.41, 5.74) is 2.10. The minimum absolute atomic E-state index is 0.0586. The van der Waals surface area contributed by atoms with Crippen LogP contribution in [0, 0.1) is 11.3 Å². The number of carbonyl (C=O) groups excluding carboxylic acids is 1. The summed E-state index contributed by atoms with van der Waals surface area (Å²) in [6, 6.07) is 17.6. The van der Waals surface area contributed by atoms with E-state index in [1.807, 2.05) is 41.3 Å². The van der Waals surface area contributed by atoms with Crippen molar-refractivity contribution in [1.29, 1.82) is 5.26 Å². The van der Waals surface area contributed by atoms with Crippen molar-refractivity contribution in [2.75, 3.05) is 46.3 Å². The zero-order valence-corrected chi connectivity index (χ0v) is 18.2. The Hall–Kier alpha value is -2.88. The lowest BCUT2D eigenvalue weighted by Gasteiger charge is -2.42. The van der Waals surface area contributed by atoms with E-state index in [0.29, 0.717) is 29.5 Å². The Morgan fingerprint density at radius 2 is 1.90 bits per heavy atom. The number of ether oxygens (including phenoxy) is 1. The summed E-state index contributed by atoms with van der Waals surface area (Å²) in [5.74, 6) is 0.700. The van der Waals surface area contributed by atoms with Crippen LogP contribution in [0.5, 0.6) is 5.75 Å². The van der Waals surface area contributed by atoms with Crippen molar-refractivity contribution in [2.24, 2.45) is 0 Å². The van der Waals surface area contributed by atoms with E-state index in [1.54, 1.807) is 12.1 Å². The molecule has 1 atom stereocenters. The molecule has 1 unspecified atom stereocenters. The van der Waals surface area contributed by atoms with Crippen LogP contribution >= 0.6 is 0 Å². The number of amides is 1. The van der Waals surface area contributed by atoms with Crippen molar-refractivity contribution < 1.29 is 9.53 Å². The lowest BCUT2D eigenvalue weighted by molar-refractivity contribution is 0.0452. The van der Waals surface area contributed by atoms with E-state index in [1.165, 1.54) is 19.4 Å². The van der Waals surface area contributed by atoms with Crippen LogP contribution in [0.4, 0.5) is 0 Å². The zero-order chi connectivity index (χ0) is 21.6. The van der Waals surface area contributed by atoms with Crippen LogP contribution in [0.1, 0.15) is 34.3 Å². The van der Waals surface area contributed by atoms with Gasteiger partial charge in [0.2, 0.25) is 0 Å². The minimum Gasteiger partial charge on any atom is -0.489 e.